The van der Waals surface area contributed by atoms with Crippen LogP contribution in [0.25, 0.3) is 0 Å². The molecule has 7 nitrogen and oxygen atoms in total. The standard InChI is InChI=1S/C17H30N4O3S2/c1-5-18-17(21(4)11-15-6-9-24-12-15)19-7-8-20-26(22,23)16-10-13(2)25-14(16)3/h10,15,20H,5-9,11-12H2,1-4H3,(H,18,19). The SMILES string of the molecule is CCNC(=NCCNS(=O)(=O)c1cc(C)sc1C)N(C)CC1CCOC1. The van der Waals surface area contributed by atoms with E-state index in [4.69, 9.17) is 4.74 Å². The second-order valence-corrected chi connectivity index (χ2v) is 9.72. The number of aryl methyl sites for hydroxylation is 2. The molecule has 1 aliphatic rings. The van der Waals surface area contributed by atoms with Crippen LogP contribution in [-0.4, -0.2) is 65.7 Å². The number of hydrogen-bond donors (Lipinski definition) is 2. The van der Waals surface area contributed by atoms with E-state index < -0.39 is 10.0 Å². The first kappa shape index (κ1) is 21.1. The first-order valence-corrected chi connectivity index (χ1v) is 11.3. The summed E-state index contributed by atoms with van der Waals surface area (Å²) in [5.41, 5.74) is 0. The van der Waals surface area contributed by atoms with E-state index in [1.807, 2.05) is 27.8 Å². The molecule has 0 spiro atoms. The third-order valence-electron chi connectivity index (χ3n) is 4.20. The zero-order chi connectivity index (χ0) is 19.2. The monoisotopic (exact) mass is 402 g/mol. The lowest BCUT2D eigenvalue weighted by Gasteiger charge is -2.24. The molecule has 2 rings (SSSR count). The van der Waals surface area contributed by atoms with Gasteiger partial charge in [-0.3, -0.25) is 4.99 Å². The van der Waals surface area contributed by atoms with Gasteiger partial charge >= 0.3 is 0 Å². The minimum absolute atomic E-state index is 0.270. The lowest BCUT2D eigenvalue weighted by Crippen LogP contribution is -2.42. The molecule has 0 bridgehead atoms. The topological polar surface area (TPSA) is 83.0 Å². The van der Waals surface area contributed by atoms with Gasteiger partial charge in [0.15, 0.2) is 5.96 Å². The zero-order valence-corrected chi connectivity index (χ0v) is 17.7. The van der Waals surface area contributed by atoms with Crippen LogP contribution < -0.4 is 10.0 Å². The van der Waals surface area contributed by atoms with Gasteiger partial charge in [0.1, 0.15) is 0 Å². The van der Waals surface area contributed by atoms with Gasteiger partial charge in [-0.05, 0) is 33.3 Å². The summed E-state index contributed by atoms with van der Waals surface area (Å²) < 4.78 is 32.9. The van der Waals surface area contributed by atoms with E-state index in [1.165, 1.54) is 11.3 Å². The number of guanidine groups is 1. The molecular weight excluding hydrogens is 372 g/mol. The fourth-order valence-corrected chi connectivity index (χ4v) is 5.54. The van der Waals surface area contributed by atoms with Gasteiger partial charge in [0.2, 0.25) is 10.0 Å². The Kier molecular flexibility index (Phi) is 7.87. The average molecular weight is 403 g/mol. The molecule has 1 aromatic rings. The number of ether oxygens (including phenoxy) is 1. The molecule has 26 heavy (non-hydrogen) atoms. The summed E-state index contributed by atoms with van der Waals surface area (Å²) in [6.45, 7) is 9.69. The summed E-state index contributed by atoms with van der Waals surface area (Å²) >= 11 is 1.49. The number of nitrogens with zero attached hydrogens (tertiary/aromatic N) is 2. The Morgan fingerprint density at radius 2 is 2.23 bits per heavy atom. The van der Waals surface area contributed by atoms with Gasteiger partial charge in [0.25, 0.3) is 0 Å². The third kappa shape index (κ3) is 5.94. The molecule has 2 N–H and O–H groups in total. The van der Waals surface area contributed by atoms with Gasteiger partial charge in [-0.15, -0.1) is 11.3 Å². The van der Waals surface area contributed by atoms with Crippen molar-refractivity contribution in [2.75, 3.05) is 46.4 Å². The van der Waals surface area contributed by atoms with E-state index in [9.17, 15) is 8.42 Å². The molecule has 1 aliphatic heterocycles. The zero-order valence-electron chi connectivity index (χ0n) is 16.0. The van der Waals surface area contributed by atoms with Crippen molar-refractivity contribution in [3.05, 3.63) is 15.8 Å². The van der Waals surface area contributed by atoms with E-state index in [1.54, 1.807) is 6.07 Å². The highest BCUT2D eigenvalue weighted by atomic mass is 32.2. The van der Waals surface area contributed by atoms with E-state index in [0.717, 1.165) is 48.4 Å². The van der Waals surface area contributed by atoms with Crippen molar-refractivity contribution in [2.24, 2.45) is 10.9 Å². The lowest BCUT2D eigenvalue weighted by atomic mass is 10.1. The fraction of sp³-hybridized carbons (Fsp3) is 0.706. The van der Waals surface area contributed by atoms with Gasteiger partial charge in [0, 0.05) is 49.0 Å². The van der Waals surface area contributed by atoms with Crippen LogP contribution in [0.1, 0.15) is 23.1 Å². The highest BCUT2D eigenvalue weighted by Crippen LogP contribution is 2.24. The van der Waals surface area contributed by atoms with Crippen LogP contribution in [0, 0.1) is 19.8 Å². The van der Waals surface area contributed by atoms with Crippen LogP contribution in [0.15, 0.2) is 16.0 Å². The molecular formula is C17H30N4O3S2. The predicted molar refractivity (Wildman–Crippen MR) is 107 cm³/mol. The molecule has 1 aromatic heterocycles. The van der Waals surface area contributed by atoms with Gasteiger partial charge in [-0.2, -0.15) is 0 Å². The summed E-state index contributed by atoms with van der Waals surface area (Å²) in [4.78, 5) is 8.81. The molecule has 1 atom stereocenters. The number of rotatable bonds is 8. The molecule has 0 amide bonds. The number of aliphatic imine (C=N–C) groups is 1. The molecule has 1 fully saturated rings. The van der Waals surface area contributed by atoms with Crippen molar-refractivity contribution in [1.82, 2.24) is 14.9 Å². The third-order valence-corrected chi connectivity index (χ3v) is 6.89. The smallest absolute Gasteiger partial charge is 0.241 e. The Morgan fingerprint density at radius 1 is 1.46 bits per heavy atom. The van der Waals surface area contributed by atoms with Crippen molar-refractivity contribution in [3.63, 3.8) is 0 Å². The van der Waals surface area contributed by atoms with E-state index in [-0.39, 0.29) is 6.54 Å². The first-order chi connectivity index (χ1) is 12.3. The van der Waals surface area contributed by atoms with Gasteiger partial charge in [-0.25, -0.2) is 13.1 Å². The molecule has 1 saturated heterocycles. The molecule has 1 unspecified atom stereocenters. The Bertz CT molecular complexity index is 710. The Labute approximate surface area is 160 Å². The van der Waals surface area contributed by atoms with Gasteiger partial charge in [-0.1, -0.05) is 0 Å². The van der Waals surface area contributed by atoms with Crippen molar-refractivity contribution in [2.45, 2.75) is 32.1 Å². The summed E-state index contributed by atoms with van der Waals surface area (Å²) in [5, 5.41) is 3.26. The van der Waals surface area contributed by atoms with E-state index >= 15 is 0 Å². The molecule has 2 heterocycles. The van der Waals surface area contributed by atoms with Crippen molar-refractivity contribution >= 4 is 27.3 Å². The van der Waals surface area contributed by atoms with E-state index in [2.05, 4.69) is 19.9 Å². The molecule has 0 saturated carbocycles. The van der Waals surface area contributed by atoms with Crippen molar-refractivity contribution < 1.29 is 13.2 Å². The summed E-state index contributed by atoms with van der Waals surface area (Å²) in [5.74, 6) is 1.31. The summed E-state index contributed by atoms with van der Waals surface area (Å²) in [7, 11) is -1.48. The molecule has 148 valence electrons. The van der Waals surface area contributed by atoms with Crippen LogP contribution >= 0.6 is 11.3 Å². The maximum atomic E-state index is 12.4. The Balaban J connectivity index is 1.89. The average Bonchev–Trinajstić information content (AvgIpc) is 3.19. The minimum atomic E-state index is -3.48. The number of hydrogen-bond acceptors (Lipinski definition) is 5. The molecule has 9 heteroatoms. The highest BCUT2D eigenvalue weighted by molar-refractivity contribution is 7.89. The molecule has 0 aliphatic carbocycles. The number of thiophene rings is 1. The summed E-state index contributed by atoms with van der Waals surface area (Å²) in [6.07, 6.45) is 1.07. The summed E-state index contributed by atoms with van der Waals surface area (Å²) in [6, 6.07) is 1.72. The van der Waals surface area contributed by atoms with Crippen LogP contribution in [0.3, 0.4) is 0 Å². The molecule has 0 aromatic carbocycles. The second-order valence-electron chi connectivity index (χ2n) is 6.52. The van der Waals surface area contributed by atoms with Crippen molar-refractivity contribution in [1.29, 1.82) is 0 Å². The Hall–Kier alpha value is -1.16. The Morgan fingerprint density at radius 3 is 2.81 bits per heavy atom. The largest absolute Gasteiger partial charge is 0.381 e. The lowest BCUT2D eigenvalue weighted by molar-refractivity contribution is 0.181. The molecule has 0 radical (unpaired) electrons. The number of nitrogens with one attached hydrogen (secondary N) is 2. The fourth-order valence-electron chi connectivity index (χ4n) is 2.96. The predicted octanol–water partition coefficient (Wildman–Crippen LogP) is 1.58. The first-order valence-electron chi connectivity index (χ1n) is 8.97. The van der Waals surface area contributed by atoms with Gasteiger partial charge < -0.3 is 15.0 Å². The van der Waals surface area contributed by atoms with Crippen LogP contribution in [-0.2, 0) is 14.8 Å². The minimum Gasteiger partial charge on any atom is -0.381 e. The second kappa shape index (κ2) is 9.68. The normalized spacial score (nSPS) is 18.3. The van der Waals surface area contributed by atoms with Crippen molar-refractivity contribution in [3.8, 4) is 0 Å². The van der Waals surface area contributed by atoms with Crippen LogP contribution in [0.5, 0.6) is 0 Å². The van der Waals surface area contributed by atoms with Crippen LogP contribution in [0.4, 0.5) is 0 Å². The highest BCUT2D eigenvalue weighted by Gasteiger charge is 2.20. The maximum absolute atomic E-state index is 12.4. The van der Waals surface area contributed by atoms with Crippen LogP contribution in [0.2, 0.25) is 0 Å². The number of sulfonamides is 1. The quantitative estimate of drug-likeness (QED) is 0.392. The van der Waals surface area contributed by atoms with E-state index in [0.29, 0.717) is 17.4 Å². The van der Waals surface area contributed by atoms with Gasteiger partial charge in [0.05, 0.1) is 18.0 Å². The maximum Gasteiger partial charge on any atom is 0.241 e.